The van der Waals surface area contributed by atoms with Crippen LogP contribution in [0.15, 0.2) is 0 Å². The molecule has 0 heterocycles. The van der Waals surface area contributed by atoms with Crippen molar-refractivity contribution in [3.63, 3.8) is 0 Å². The smallest absolute Gasteiger partial charge is 0.00967 e. The van der Waals surface area contributed by atoms with Gasteiger partial charge in [0.2, 0.25) is 0 Å². The van der Waals surface area contributed by atoms with E-state index in [0.29, 0.717) is 5.41 Å². The molecule has 116 valence electrons. The van der Waals surface area contributed by atoms with Crippen molar-refractivity contribution in [2.75, 3.05) is 26.2 Å². The zero-order chi connectivity index (χ0) is 15.1. The Labute approximate surface area is 122 Å². The fourth-order valence-corrected chi connectivity index (χ4v) is 2.19. The normalized spacial score (nSPS) is 17.5. The van der Waals surface area contributed by atoms with Crippen LogP contribution >= 0.6 is 0 Å². The number of hydrogen-bond donors (Lipinski definition) is 1. The van der Waals surface area contributed by atoms with E-state index in [0.717, 1.165) is 19.0 Å². The minimum atomic E-state index is 0.212. The summed E-state index contributed by atoms with van der Waals surface area (Å²) < 4.78 is 0. The monoisotopic (exact) mass is 270 g/mol. The predicted octanol–water partition coefficient (Wildman–Crippen LogP) is 4.16. The molecule has 0 aromatic carbocycles. The zero-order valence-electron chi connectivity index (χ0n) is 14.8. The summed E-state index contributed by atoms with van der Waals surface area (Å²) in [5, 5.41) is 3.68. The van der Waals surface area contributed by atoms with E-state index in [4.69, 9.17) is 0 Å². The molecule has 0 fully saturated rings. The van der Waals surface area contributed by atoms with Gasteiger partial charge < -0.3 is 10.2 Å². The van der Waals surface area contributed by atoms with Crippen LogP contribution in [0.4, 0.5) is 0 Å². The van der Waals surface area contributed by atoms with Gasteiger partial charge in [0.25, 0.3) is 0 Å². The van der Waals surface area contributed by atoms with E-state index in [-0.39, 0.29) is 5.54 Å². The maximum Gasteiger partial charge on any atom is 0.00967 e. The average Bonchev–Trinajstić information content (AvgIpc) is 2.34. The fraction of sp³-hybridized carbons (Fsp3) is 1.00. The van der Waals surface area contributed by atoms with E-state index in [1.165, 1.54) is 25.9 Å². The number of nitrogens with one attached hydrogen (secondary N) is 1. The SMILES string of the molecule is CCC(C)CN(CC)CC(C)(CC)CNC(C)(C)C. The maximum atomic E-state index is 3.68. The second-order valence-electron chi connectivity index (χ2n) is 7.61. The van der Waals surface area contributed by atoms with Gasteiger partial charge in [0.05, 0.1) is 0 Å². The molecule has 2 atom stereocenters. The van der Waals surface area contributed by atoms with Crippen LogP contribution in [0.2, 0.25) is 0 Å². The Kier molecular flexibility index (Phi) is 8.23. The van der Waals surface area contributed by atoms with Gasteiger partial charge >= 0.3 is 0 Å². The molecule has 19 heavy (non-hydrogen) atoms. The van der Waals surface area contributed by atoms with Crippen molar-refractivity contribution in [3.05, 3.63) is 0 Å². The molecule has 2 heteroatoms. The molecule has 0 aromatic rings. The number of hydrogen-bond acceptors (Lipinski definition) is 2. The van der Waals surface area contributed by atoms with Crippen molar-refractivity contribution in [1.82, 2.24) is 10.2 Å². The van der Waals surface area contributed by atoms with E-state index < -0.39 is 0 Å². The summed E-state index contributed by atoms with van der Waals surface area (Å²) >= 11 is 0. The molecule has 0 saturated heterocycles. The van der Waals surface area contributed by atoms with Crippen LogP contribution in [0.3, 0.4) is 0 Å². The van der Waals surface area contributed by atoms with Crippen molar-refractivity contribution in [3.8, 4) is 0 Å². The highest BCUT2D eigenvalue weighted by atomic mass is 15.1. The highest BCUT2D eigenvalue weighted by Gasteiger charge is 2.26. The Balaban J connectivity index is 4.47. The van der Waals surface area contributed by atoms with E-state index in [2.05, 4.69) is 65.6 Å². The van der Waals surface area contributed by atoms with Crippen molar-refractivity contribution >= 4 is 0 Å². The van der Waals surface area contributed by atoms with Crippen molar-refractivity contribution in [2.24, 2.45) is 11.3 Å². The van der Waals surface area contributed by atoms with Crippen LogP contribution in [0.5, 0.6) is 0 Å². The van der Waals surface area contributed by atoms with Crippen LogP contribution < -0.4 is 5.32 Å². The first-order valence-electron chi connectivity index (χ1n) is 8.13. The van der Waals surface area contributed by atoms with Crippen LogP contribution in [-0.4, -0.2) is 36.6 Å². The predicted molar refractivity (Wildman–Crippen MR) is 87.7 cm³/mol. The number of rotatable bonds is 9. The van der Waals surface area contributed by atoms with Gasteiger partial charge in [0.1, 0.15) is 0 Å². The van der Waals surface area contributed by atoms with Gasteiger partial charge in [0, 0.05) is 25.2 Å². The standard InChI is InChI=1S/C17H38N2/c1-9-15(4)12-19(11-3)14-17(8,10-2)13-18-16(5,6)7/h15,18H,9-14H2,1-8H3. The third kappa shape index (κ3) is 8.65. The van der Waals surface area contributed by atoms with Crippen molar-refractivity contribution < 1.29 is 0 Å². The Morgan fingerprint density at radius 1 is 1.05 bits per heavy atom. The highest BCUT2D eigenvalue weighted by molar-refractivity contribution is 4.83. The lowest BCUT2D eigenvalue weighted by atomic mass is 9.85. The second-order valence-corrected chi connectivity index (χ2v) is 7.61. The summed E-state index contributed by atoms with van der Waals surface area (Å²) in [5.41, 5.74) is 0.584. The molecule has 0 rings (SSSR count). The maximum absolute atomic E-state index is 3.68. The van der Waals surface area contributed by atoms with Crippen LogP contribution in [0.1, 0.15) is 68.2 Å². The zero-order valence-corrected chi connectivity index (χ0v) is 14.8. The third-order valence-corrected chi connectivity index (χ3v) is 4.22. The molecule has 2 nitrogen and oxygen atoms in total. The molecular formula is C17H38N2. The Hall–Kier alpha value is -0.0800. The lowest BCUT2D eigenvalue weighted by molar-refractivity contribution is 0.137. The Morgan fingerprint density at radius 3 is 2.00 bits per heavy atom. The lowest BCUT2D eigenvalue weighted by Gasteiger charge is -2.38. The topological polar surface area (TPSA) is 15.3 Å². The molecule has 0 saturated carbocycles. The Morgan fingerprint density at radius 2 is 1.63 bits per heavy atom. The van der Waals surface area contributed by atoms with Gasteiger partial charge in [-0.1, -0.05) is 41.0 Å². The van der Waals surface area contributed by atoms with Gasteiger partial charge in [-0.25, -0.2) is 0 Å². The summed E-state index contributed by atoms with van der Waals surface area (Å²) in [7, 11) is 0. The molecule has 0 spiro atoms. The first-order chi connectivity index (χ1) is 8.65. The molecule has 0 radical (unpaired) electrons. The van der Waals surface area contributed by atoms with Crippen LogP contribution in [0.25, 0.3) is 0 Å². The molecule has 0 amide bonds. The van der Waals surface area contributed by atoms with Gasteiger partial charge in [-0.3, -0.25) is 0 Å². The first kappa shape index (κ1) is 18.9. The molecule has 0 aliphatic rings. The highest BCUT2D eigenvalue weighted by Crippen LogP contribution is 2.23. The Bertz CT molecular complexity index is 232. The second kappa shape index (κ2) is 8.26. The van der Waals surface area contributed by atoms with Gasteiger partial charge in [-0.15, -0.1) is 0 Å². The molecule has 0 aliphatic heterocycles. The van der Waals surface area contributed by atoms with E-state index >= 15 is 0 Å². The summed E-state index contributed by atoms with van der Waals surface area (Å²) in [4.78, 5) is 2.63. The number of nitrogens with zero attached hydrogens (tertiary/aromatic N) is 1. The lowest BCUT2D eigenvalue weighted by Crippen LogP contribution is -2.48. The van der Waals surface area contributed by atoms with Gasteiger partial charge in [-0.05, 0) is 45.1 Å². The van der Waals surface area contributed by atoms with Crippen molar-refractivity contribution in [2.45, 2.75) is 73.8 Å². The molecule has 2 unspecified atom stereocenters. The molecule has 1 N–H and O–H groups in total. The third-order valence-electron chi connectivity index (χ3n) is 4.22. The summed E-state index contributed by atoms with van der Waals surface area (Å²) in [6.07, 6.45) is 2.51. The van der Waals surface area contributed by atoms with Crippen LogP contribution in [0, 0.1) is 11.3 Å². The van der Waals surface area contributed by atoms with Crippen LogP contribution in [-0.2, 0) is 0 Å². The van der Waals surface area contributed by atoms with Gasteiger partial charge in [-0.2, -0.15) is 0 Å². The van der Waals surface area contributed by atoms with E-state index in [1.807, 2.05) is 0 Å². The largest absolute Gasteiger partial charge is 0.311 e. The first-order valence-corrected chi connectivity index (χ1v) is 8.13. The molecule has 0 aromatic heterocycles. The fourth-order valence-electron chi connectivity index (χ4n) is 2.19. The molecular weight excluding hydrogens is 232 g/mol. The summed E-state index contributed by atoms with van der Waals surface area (Å²) in [6.45, 7) is 23.1. The molecule has 0 bridgehead atoms. The summed E-state index contributed by atoms with van der Waals surface area (Å²) in [6, 6.07) is 0. The average molecular weight is 271 g/mol. The van der Waals surface area contributed by atoms with Gasteiger partial charge in [0.15, 0.2) is 0 Å². The van der Waals surface area contributed by atoms with E-state index in [9.17, 15) is 0 Å². The van der Waals surface area contributed by atoms with Crippen molar-refractivity contribution in [1.29, 1.82) is 0 Å². The summed E-state index contributed by atoms with van der Waals surface area (Å²) in [5.74, 6) is 0.802. The van der Waals surface area contributed by atoms with E-state index in [1.54, 1.807) is 0 Å². The molecule has 0 aliphatic carbocycles. The quantitative estimate of drug-likeness (QED) is 0.677. The minimum absolute atomic E-state index is 0.212. The minimum Gasteiger partial charge on any atom is -0.311 e.